The lowest BCUT2D eigenvalue weighted by Gasteiger charge is -2.40. The summed E-state index contributed by atoms with van der Waals surface area (Å²) in [6.07, 6.45) is 4.70. The van der Waals surface area contributed by atoms with Gasteiger partial charge < -0.3 is 0 Å². The molecule has 2 nitrogen and oxygen atoms in total. The number of piperidine rings is 1. The van der Waals surface area contributed by atoms with Gasteiger partial charge in [-0.15, -0.1) is 0 Å². The van der Waals surface area contributed by atoms with Gasteiger partial charge in [0, 0.05) is 16.3 Å². The Morgan fingerprint density at radius 1 is 1.29 bits per heavy atom. The van der Waals surface area contributed by atoms with Crippen LogP contribution < -0.4 is 0 Å². The third-order valence-electron chi connectivity index (χ3n) is 6.33. The van der Waals surface area contributed by atoms with E-state index in [9.17, 15) is 0 Å². The number of aromatic nitrogens is 1. The molecule has 0 saturated carbocycles. The number of halogens is 1. The summed E-state index contributed by atoms with van der Waals surface area (Å²) in [5.74, 6) is 0.926. The molecule has 21 heavy (non-hydrogen) atoms. The predicted molar refractivity (Wildman–Crippen MR) is 95.1 cm³/mol. The average molecular weight is 367 g/mol. The zero-order valence-corrected chi connectivity index (χ0v) is 16.1. The highest BCUT2D eigenvalue weighted by atomic mass is 79.9. The number of hydrogen-bond donors (Lipinski definition) is 0. The van der Waals surface area contributed by atoms with Gasteiger partial charge in [-0.2, -0.15) is 0 Å². The van der Waals surface area contributed by atoms with Crippen molar-refractivity contribution in [2.24, 2.45) is 5.92 Å². The van der Waals surface area contributed by atoms with Crippen molar-refractivity contribution in [3.63, 3.8) is 0 Å². The van der Waals surface area contributed by atoms with Gasteiger partial charge in [0.05, 0.1) is 19.8 Å². The number of nitrogens with zero attached hydrogens (tertiary/aromatic N) is 2. The Morgan fingerprint density at radius 2 is 2.00 bits per heavy atom. The van der Waals surface area contributed by atoms with Gasteiger partial charge in [0.2, 0.25) is 0 Å². The van der Waals surface area contributed by atoms with Crippen LogP contribution in [0.5, 0.6) is 0 Å². The lowest BCUT2D eigenvalue weighted by molar-refractivity contribution is 0.244. The fourth-order valence-corrected chi connectivity index (χ4v) is 10.6. The van der Waals surface area contributed by atoms with Crippen molar-refractivity contribution >= 4 is 24.0 Å². The van der Waals surface area contributed by atoms with Crippen LogP contribution in [-0.4, -0.2) is 30.2 Å². The second-order valence-electron chi connectivity index (χ2n) is 6.78. The lowest BCUT2D eigenvalue weighted by Crippen LogP contribution is -2.52. The molecule has 2 saturated heterocycles. The standard InChI is InChI=1S/C17H27BrN2Si/c1-4-21(5-2,6-3)17-13-9-11-20(17)15(12-13)16-14(18)8-7-10-19-16/h7-8,10,13,15,17H,4-6,9,11-12H2,1-3H3. The first-order chi connectivity index (χ1) is 10.2. The van der Waals surface area contributed by atoms with Crippen molar-refractivity contribution in [1.29, 1.82) is 0 Å². The minimum Gasteiger partial charge on any atom is -0.294 e. The molecule has 0 aromatic carbocycles. The van der Waals surface area contributed by atoms with Crippen molar-refractivity contribution in [3.8, 4) is 0 Å². The summed E-state index contributed by atoms with van der Waals surface area (Å²) in [4.78, 5) is 7.55. The molecule has 0 amide bonds. The minimum atomic E-state index is -1.16. The quantitative estimate of drug-likeness (QED) is 0.679. The van der Waals surface area contributed by atoms with E-state index in [1.54, 1.807) is 0 Å². The summed E-state index contributed by atoms with van der Waals surface area (Å²) in [7, 11) is -1.16. The van der Waals surface area contributed by atoms with Crippen molar-refractivity contribution in [1.82, 2.24) is 9.88 Å². The molecule has 3 rings (SSSR count). The van der Waals surface area contributed by atoms with Crippen LogP contribution in [0.2, 0.25) is 18.1 Å². The molecule has 2 fully saturated rings. The number of hydrogen-bond acceptors (Lipinski definition) is 2. The monoisotopic (exact) mass is 366 g/mol. The summed E-state index contributed by atoms with van der Waals surface area (Å²) in [6.45, 7) is 8.63. The van der Waals surface area contributed by atoms with Crippen molar-refractivity contribution in [3.05, 3.63) is 28.5 Å². The maximum absolute atomic E-state index is 4.70. The average Bonchev–Trinajstić information content (AvgIpc) is 3.09. The van der Waals surface area contributed by atoms with Gasteiger partial charge in [-0.05, 0) is 53.4 Å². The molecular formula is C17H27BrN2Si. The van der Waals surface area contributed by atoms with Crippen molar-refractivity contribution < 1.29 is 0 Å². The summed E-state index contributed by atoms with van der Waals surface area (Å²) < 4.78 is 1.19. The van der Waals surface area contributed by atoms with Gasteiger partial charge in [-0.3, -0.25) is 9.88 Å². The first-order valence-corrected chi connectivity index (χ1v) is 12.0. The van der Waals surface area contributed by atoms with E-state index < -0.39 is 8.07 Å². The summed E-state index contributed by atoms with van der Waals surface area (Å²) in [6, 6.07) is 9.04. The number of rotatable bonds is 5. The Hall–Kier alpha value is -0.193. The van der Waals surface area contributed by atoms with Gasteiger partial charge in [0.25, 0.3) is 0 Å². The molecule has 2 aliphatic heterocycles. The third kappa shape index (κ3) is 2.43. The molecule has 0 radical (unpaired) electrons. The molecule has 0 aliphatic carbocycles. The second-order valence-corrected chi connectivity index (χ2v) is 13.1. The van der Waals surface area contributed by atoms with Crippen LogP contribution >= 0.6 is 15.9 Å². The van der Waals surface area contributed by atoms with Crippen LogP contribution in [-0.2, 0) is 0 Å². The van der Waals surface area contributed by atoms with E-state index in [1.165, 1.54) is 47.7 Å². The number of fused-ring (bicyclic) bond motifs is 2. The fraction of sp³-hybridized carbons (Fsp3) is 0.706. The smallest absolute Gasteiger partial charge is 0.0725 e. The lowest BCUT2D eigenvalue weighted by atomic mass is 9.98. The van der Waals surface area contributed by atoms with Gasteiger partial charge >= 0.3 is 0 Å². The highest BCUT2D eigenvalue weighted by molar-refractivity contribution is 9.10. The first kappa shape index (κ1) is 15.7. The van der Waals surface area contributed by atoms with E-state index in [0.717, 1.165) is 11.6 Å². The molecule has 1 aromatic rings. The maximum atomic E-state index is 4.70. The molecule has 0 N–H and O–H groups in total. The first-order valence-electron chi connectivity index (χ1n) is 8.53. The molecule has 2 bridgehead atoms. The Labute approximate surface area is 138 Å². The molecule has 3 heterocycles. The van der Waals surface area contributed by atoms with E-state index >= 15 is 0 Å². The summed E-state index contributed by atoms with van der Waals surface area (Å²) >= 11 is 3.72. The van der Waals surface area contributed by atoms with Crippen LogP contribution in [0.4, 0.5) is 0 Å². The highest BCUT2D eigenvalue weighted by Crippen LogP contribution is 2.52. The van der Waals surface area contributed by atoms with Crippen LogP contribution in [0.25, 0.3) is 0 Å². The molecule has 2 aliphatic rings. The molecule has 1 aromatic heterocycles. The van der Waals surface area contributed by atoms with E-state index in [0.29, 0.717) is 6.04 Å². The fourth-order valence-electron chi connectivity index (χ4n) is 5.04. The third-order valence-corrected chi connectivity index (χ3v) is 13.3. The van der Waals surface area contributed by atoms with Gasteiger partial charge in [0.15, 0.2) is 0 Å². The SMILES string of the molecule is CC[Si](CC)(CC)C1C2CCN1C(c1ncccc1Br)C2. The maximum Gasteiger partial charge on any atom is 0.0725 e. The Bertz CT molecular complexity index is 495. The van der Waals surface area contributed by atoms with E-state index in [2.05, 4.69) is 47.7 Å². The van der Waals surface area contributed by atoms with Gasteiger partial charge in [0.1, 0.15) is 0 Å². The van der Waals surface area contributed by atoms with Crippen molar-refractivity contribution in [2.45, 2.75) is 63.5 Å². The minimum absolute atomic E-state index is 0.556. The normalized spacial score (nSPS) is 31.8. The molecule has 4 heteroatoms. The van der Waals surface area contributed by atoms with E-state index in [4.69, 9.17) is 4.98 Å². The molecule has 4 atom stereocenters. The zero-order valence-electron chi connectivity index (χ0n) is 13.5. The van der Waals surface area contributed by atoms with E-state index in [-0.39, 0.29) is 0 Å². The highest BCUT2D eigenvalue weighted by Gasteiger charge is 2.55. The topological polar surface area (TPSA) is 16.1 Å². The Balaban J connectivity index is 1.93. The van der Waals surface area contributed by atoms with Crippen LogP contribution in [0, 0.1) is 5.92 Å². The second kappa shape index (κ2) is 6.13. The molecule has 0 spiro atoms. The van der Waals surface area contributed by atoms with Gasteiger partial charge in [-0.1, -0.05) is 38.9 Å². The van der Waals surface area contributed by atoms with E-state index in [1.807, 2.05) is 12.3 Å². The molecule has 4 unspecified atom stereocenters. The zero-order chi connectivity index (χ0) is 15.0. The summed E-state index contributed by atoms with van der Waals surface area (Å²) in [5.41, 5.74) is 2.17. The predicted octanol–water partition coefficient (Wildman–Crippen LogP) is 5.03. The van der Waals surface area contributed by atoms with Crippen molar-refractivity contribution in [2.75, 3.05) is 6.54 Å². The Kier molecular flexibility index (Phi) is 4.58. The van der Waals surface area contributed by atoms with Crippen LogP contribution in [0.1, 0.15) is 45.3 Å². The van der Waals surface area contributed by atoms with Crippen LogP contribution in [0.3, 0.4) is 0 Å². The summed E-state index contributed by atoms with van der Waals surface area (Å²) in [5, 5.41) is 0. The van der Waals surface area contributed by atoms with Crippen LogP contribution in [0.15, 0.2) is 22.8 Å². The van der Waals surface area contributed by atoms with Gasteiger partial charge in [-0.25, -0.2) is 0 Å². The molecule has 116 valence electrons. The largest absolute Gasteiger partial charge is 0.294 e. The molecular weight excluding hydrogens is 340 g/mol. The number of pyridine rings is 1. The Morgan fingerprint density at radius 3 is 2.62 bits per heavy atom.